The van der Waals surface area contributed by atoms with Gasteiger partial charge in [-0.2, -0.15) is 0 Å². The van der Waals surface area contributed by atoms with Gasteiger partial charge in [0.15, 0.2) is 5.82 Å². The fourth-order valence-electron chi connectivity index (χ4n) is 1.78. The molecule has 0 saturated heterocycles. The Balaban J connectivity index is 1.80. The highest BCUT2D eigenvalue weighted by molar-refractivity contribution is 7.98. The number of rotatable bonds is 3. The van der Waals surface area contributed by atoms with Gasteiger partial charge < -0.3 is 5.73 Å². The Morgan fingerprint density at radius 3 is 2.74 bits per heavy atom. The van der Waals surface area contributed by atoms with Gasteiger partial charge in [0, 0.05) is 23.5 Å². The lowest BCUT2D eigenvalue weighted by atomic mass is 10.2. The molecular weight excluding hydrogens is 256 g/mol. The standard InChI is InChI=1S/C14H12N4S/c15-13-14(17-8-7-16-13)19-9-11-6-5-10-3-1-2-4-12(10)18-11/h1-8H,9H2,(H2,15,16). The van der Waals surface area contributed by atoms with Crippen LogP contribution in [0.1, 0.15) is 5.69 Å². The Bertz CT molecular complexity index is 714. The third-order valence-electron chi connectivity index (χ3n) is 2.70. The van der Waals surface area contributed by atoms with Gasteiger partial charge in [-0.3, -0.25) is 4.98 Å². The summed E-state index contributed by atoms with van der Waals surface area (Å²) in [5.41, 5.74) is 7.78. The molecule has 0 unspecified atom stereocenters. The van der Waals surface area contributed by atoms with Crippen LogP contribution in [0.25, 0.3) is 10.9 Å². The first-order valence-electron chi connectivity index (χ1n) is 5.87. The molecule has 0 aliphatic heterocycles. The second-order valence-corrected chi connectivity index (χ2v) is 4.99. The molecule has 5 heteroatoms. The summed E-state index contributed by atoms with van der Waals surface area (Å²) in [5.74, 6) is 1.20. The molecular formula is C14H12N4S. The lowest BCUT2D eigenvalue weighted by Gasteiger charge is -2.04. The van der Waals surface area contributed by atoms with Crippen molar-refractivity contribution in [1.29, 1.82) is 0 Å². The number of para-hydroxylation sites is 1. The third kappa shape index (κ3) is 2.66. The van der Waals surface area contributed by atoms with E-state index in [9.17, 15) is 0 Å². The Kier molecular flexibility index (Phi) is 3.29. The Hall–Kier alpha value is -2.14. The molecule has 0 aliphatic carbocycles. The van der Waals surface area contributed by atoms with E-state index in [1.807, 2.05) is 24.3 Å². The van der Waals surface area contributed by atoms with Crippen LogP contribution >= 0.6 is 11.8 Å². The number of hydrogen-bond acceptors (Lipinski definition) is 5. The van der Waals surface area contributed by atoms with E-state index in [0.29, 0.717) is 5.82 Å². The van der Waals surface area contributed by atoms with Crippen molar-refractivity contribution in [1.82, 2.24) is 15.0 Å². The SMILES string of the molecule is Nc1nccnc1SCc1ccc2ccccc2n1. The number of hydrogen-bond donors (Lipinski definition) is 1. The predicted molar refractivity (Wildman–Crippen MR) is 77.7 cm³/mol. The maximum Gasteiger partial charge on any atom is 0.156 e. The van der Waals surface area contributed by atoms with Gasteiger partial charge in [-0.15, -0.1) is 0 Å². The minimum Gasteiger partial charge on any atom is -0.381 e. The fourth-order valence-corrected chi connectivity index (χ4v) is 2.56. The van der Waals surface area contributed by atoms with Gasteiger partial charge in [-0.05, 0) is 12.1 Å². The van der Waals surface area contributed by atoms with Crippen molar-refractivity contribution in [2.75, 3.05) is 5.73 Å². The second kappa shape index (κ2) is 5.24. The Morgan fingerprint density at radius 2 is 1.84 bits per heavy atom. The number of fused-ring (bicyclic) bond motifs is 1. The van der Waals surface area contributed by atoms with Crippen LogP contribution in [0.5, 0.6) is 0 Å². The molecule has 0 radical (unpaired) electrons. The molecule has 3 rings (SSSR count). The molecule has 0 spiro atoms. The van der Waals surface area contributed by atoms with E-state index in [2.05, 4.69) is 27.1 Å². The van der Waals surface area contributed by atoms with Crippen molar-refractivity contribution in [3.8, 4) is 0 Å². The molecule has 3 aromatic rings. The molecule has 0 bridgehead atoms. The van der Waals surface area contributed by atoms with E-state index >= 15 is 0 Å². The van der Waals surface area contributed by atoms with E-state index in [1.54, 1.807) is 24.2 Å². The highest BCUT2D eigenvalue weighted by Gasteiger charge is 2.04. The molecule has 2 N–H and O–H groups in total. The zero-order valence-electron chi connectivity index (χ0n) is 10.2. The summed E-state index contributed by atoms with van der Waals surface area (Å²) in [4.78, 5) is 12.8. The molecule has 0 saturated carbocycles. The van der Waals surface area contributed by atoms with E-state index < -0.39 is 0 Å². The average molecular weight is 268 g/mol. The summed E-state index contributed by atoms with van der Waals surface area (Å²) in [7, 11) is 0. The van der Waals surface area contributed by atoms with E-state index in [4.69, 9.17) is 5.73 Å². The van der Waals surface area contributed by atoms with Crippen LogP contribution in [0.15, 0.2) is 53.8 Å². The zero-order valence-corrected chi connectivity index (χ0v) is 11.0. The van der Waals surface area contributed by atoms with E-state index in [0.717, 1.165) is 27.4 Å². The first kappa shape index (κ1) is 11.9. The molecule has 0 atom stereocenters. The van der Waals surface area contributed by atoms with Gasteiger partial charge in [-0.25, -0.2) is 9.97 Å². The number of anilines is 1. The molecule has 0 amide bonds. The summed E-state index contributed by atoms with van der Waals surface area (Å²) >= 11 is 1.55. The number of aromatic nitrogens is 3. The largest absolute Gasteiger partial charge is 0.381 e. The third-order valence-corrected chi connectivity index (χ3v) is 3.73. The van der Waals surface area contributed by atoms with Crippen molar-refractivity contribution in [3.05, 3.63) is 54.5 Å². The van der Waals surface area contributed by atoms with Crippen LogP contribution in [-0.2, 0) is 5.75 Å². The maximum absolute atomic E-state index is 5.76. The Labute approximate surface area is 115 Å². The average Bonchev–Trinajstić information content (AvgIpc) is 2.46. The van der Waals surface area contributed by atoms with Crippen molar-refractivity contribution >= 4 is 28.5 Å². The molecule has 1 aromatic carbocycles. The molecule has 0 fully saturated rings. The van der Waals surface area contributed by atoms with Crippen molar-refractivity contribution < 1.29 is 0 Å². The summed E-state index contributed by atoms with van der Waals surface area (Å²) in [6.07, 6.45) is 3.24. The van der Waals surface area contributed by atoms with Gasteiger partial charge in [0.2, 0.25) is 0 Å². The molecule has 2 aromatic heterocycles. The summed E-state index contributed by atoms with van der Waals surface area (Å²) in [5, 5.41) is 1.90. The van der Waals surface area contributed by atoms with Gasteiger partial charge in [0.25, 0.3) is 0 Å². The summed E-state index contributed by atoms with van der Waals surface area (Å²) < 4.78 is 0. The van der Waals surface area contributed by atoms with Crippen LogP contribution in [0.4, 0.5) is 5.82 Å². The molecule has 2 heterocycles. The van der Waals surface area contributed by atoms with Crippen LogP contribution in [-0.4, -0.2) is 15.0 Å². The van der Waals surface area contributed by atoms with Crippen molar-refractivity contribution in [2.45, 2.75) is 10.8 Å². The number of thioether (sulfide) groups is 1. The highest BCUT2D eigenvalue weighted by atomic mass is 32.2. The van der Waals surface area contributed by atoms with E-state index in [1.165, 1.54) is 0 Å². The van der Waals surface area contributed by atoms with Gasteiger partial charge in [-0.1, -0.05) is 36.0 Å². The topological polar surface area (TPSA) is 64.7 Å². The first-order chi connectivity index (χ1) is 9.33. The quantitative estimate of drug-likeness (QED) is 0.740. The number of pyridine rings is 1. The summed E-state index contributed by atoms with van der Waals surface area (Å²) in [6.45, 7) is 0. The second-order valence-electron chi connectivity index (χ2n) is 4.03. The lowest BCUT2D eigenvalue weighted by molar-refractivity contribution is 1.07. The maximum atomic E-state index is 5.76. The van der Waals surface area contributed by atoms with Crippen LogP contribution in [0, 0.1) is 0 Å². The molecule has 4 nitrogen and oxygen atoms in total. The first-order valence-corrected chi connectivity index (χ1v) is 6.85. The normalized spacial score (nSPS) is 10.7. The van der Waals surface area contributed by atoms with E-state index in [-0.39, 0.29) is 0 Å². The monoisotopic (exact) mass is 268 g/mol. The minimum absolute atomic E-state index is 0.466. The zero-order chi connectivity index (χ0) is 13.1. The fraction of sp³-hybridized carbons (Fsp3) is 0.0714. The van der Waals surface area contributed by atoms with Crippen molar-refractivity contribution in [2.24, 2.45) is 0 Å². The number of nitrogens with zero attached hydrogens (tertiary/aromatic N) is 3. The number of benzene rings is 1. The minimum atomic E-state index is 0.466. The van der Waals surface area contributed by atoms with Crippen LogP contribution in [0.3, 0.4) is 0 Å². The highest BCUT2D eigenvalue weighted by Crippen LogP contribution is 2.24. The molecule has 19 heavy (non-hydrogen) atoms. The van der Waals surface area contributed by atoms with Crippen LogP contribution < -0.4 is 5.73 Å². The summed E-state index contributed by atoms with van der Waals surface area (Å²) in [6, 6.07) is 12.2. The number of nitrogen functional groups attached to an aromatic ring is 1. The van der Waals surface area contributed by atoms with Gasteiger partial charge in [0.05, 0.1) is 11.2 Å². The van der Waals surface area contributed by atoms with Gasteiger partial charge in [0.1, 0.15) is 5.03 Å². The smallest absolute Gasteiger partial charge is 0.156 e. The molecule has 94 valence electrons. The molecule has 0 aliphatic rings. The van der Waals surface area contributed by atoms with Crippen LogP contribution in [0.2, 0.25) is 0 Å². The van der Waals surface area contributed by atoms with Crippen molar-refractivity contribution in [3.63, 3.8) is 0 Å². The predicted octanol–water partition coefficient (Wildman–Crippen LogP) is 2.90. The Morgan fingerprint density at radius 1 is 1.00 bits per heavy atom. The lowest BCUT2D eigenvalue weighted by Crippen LogP contribution is -1.95. The van der Waals surface area contributed by atoms with Gasteiger partial charge >= 0.3 is 0 Å². The number of nitrogens with two attached hydrogens (primary N) is 1.